The van der Waals surface area contributed by atoms with E-state index < -0.39 is 6.04 Å². The van der Waals surface area contributed by atoms with Crippen LogP contribution in [-0.4, -0.2) is 33.6 Å². The van der Waals surface area contributed by atoms with E-state index in [0.717, 1.165) is 10.2 Å². The van der Waals surface area contributed by atoms with Crippen LogP contribution < -0.4 is 15.6 Å². The maximum absolute atomic E-state index is 13.9. The Morgan fingerprint density at radius 1 is 1.03 bits per heavy atom. The van der Waals surface area contributed by atoms with Crippen molar-refractivity contribution >= 4 is 38.6 Å². The van der Waals surface area contributed by atoms with Gasteiger partial charge in [-0.15, -0.1) is 0 Å². The van der Waals surface area contributed by atoms with E-state index in [1.165, 1.54) is 0 Å². The van der Waals surface area contributed by atoms with Crippen molar-refractivity contribution in [2.24, 2.45) is 5.92 Å². The van der Waals surface area contributed by atoms with Gasteiger partial charge in [0.05, 0.1) is 34.9 Å². The van der Waals surface area contributed by atoms with E-state index in [0.29, 0.717) is 47.7 Å². The van der Waals surface area contributed by atoms with Crippen LogP contribution in [0.1, 0.15) is 46.0 Å². The van der Waals surface area contributed by atoms with Crippen molar-refractivity contribution in [1.29, 1.82) is 0 Å². The summed E-state index contributed by atoms with van der Waals surface area (Å²) < 4.78 is 8.03. The minimum Gasteiger partial charge on any atom is -0.494 e. The first kappa shape index (κ1) is 27.4. The topological polar surface area (TPSA) is 76.5 Å². The lowest BCUT2D eigenvalue weighted by molar-refractivity contribution is 0.171. The Balaban J connectivity index is 1.87. The molecule has 1 heterocycles. The predicted octanol–water partition coefficient (Wildman–Crippen LogP) is 7.19. The molecule has 1 N–H and O–H groups in total. The number of ether oxygens (including phenoxy) is 1. The van der Waals surface area contributed by atoms with E-state index >= 15 is 0 Å². The average Bonchev–Trinajstić information content (AvgIpc) is 2.90. The smallest absolute Gasteiger partial charge is 0.322 e. The first-order chi connectivity index (χ1) is 18.3. The number of hydrogen-bond donors (Lipinski definition) is 1. The van der Waals surface area contributed by atoms with Gasteiger partial charge in [0.2, 0.25) is 0 Å². The predicted molar refractivity (Wildman–Crippen MR) is 156 cm³/mol. The van der Waals surface area contributed by atoms with E-state index in [9.17, 15) is 9.59 Å². The van der Waals surface area contributed by atoms with Crippen LogP contribution in [-0.2, 0) is 0 Å². The van der Waals surface area contributed by atoms with E-state index in [1.807, 2.05) is 80.6 Å². The third kappa shape index (κ3) is 5.91. The molecule has 1 unspecified atom stereocenters. The van der Waals surface area contributed by atoms with Crippen molar-refractivity contribution in [3.63, 3.8) is 0 Å². The van der Waals surface area contributed by atoms with Crippen molar-refractivity contribution in [2.75, 3.05) is 18.5 Å². The van der Waals surface area contributed by atoms with Crippen LogP contribution in [0.5, 0.6) is 5.75 Å². The number of rotatable bonds is 9. The molecule has 8 heteroatoms. The second-order valence-corrected chi connectivity index (χ2v) is 10.3. The number of benzene rings is 3. The molecule has 3 aromatic carbocycles. The molecule has 0 fully saturated rings. The number of carbonyl (C=O) groups excluding carboxylic acids is 1. The number of nitrogens with one attached hydrogen (secondary N) is 1. The highest BCUT2D eigenvalue weighted by Gasteiger charge is 2.30. The zero-order valence-electron chi connectivity index (χ0n) is 22.1. The third-order valence-corrected chi connectivity index (χ3v) is 6.90. The van der Waals surface area contributed by atoms with Crippen LogP contribution in [0.2, 0.25) is 0 Å². The highest BCUT2D eigenvalue weighted by atomic mass is 79.9. The summed E-state index contributed by atoms with van der Waals surface area (Å²) in [6.45, 7) is 9.11. The van der Waals surface area contributed by atoms with Gasteiger partial charge in [0.25, 0.3) is 5.56 Å². The van der Waals surface area contributed by atoms with Crippen LogP contribution in [0.4, 0.5) is 10.5 Å². The van der Waals surface area contributed by atoms with Gasteiger partial charge in [-0.25, -0.2) is 9.78 Å². The van der Waals surface area contributed by atoms with Crippen molar-refractivity contribution < 1.29 is 9.53 Å². The zero-order valence-corrected chi connectivity index (χ0v) is 23.7. The SMILES string of the molecule is CCOc1ccc(-n2c(C(CC)N(CC(C)C)C(=O)Nc3ccccc3Br)nc3ccccc3c2=O)cc1. The third-order valence-electron chi connectivity index (χ3n) is 6.21. The molecule has 0 aliphatic heterocycles. The molecule has 38 heavy (non-hydrogen) atoms. The minimum absolute atomic E-state index is 0.177. The van der Waals surface area contributed by atoms with E-state index in [2.05, 4.69) is 35.1 Å². The van der Waals surface area contributed by atoms with Crippen molar-refractivity contribution in [3.8, 4) is 11.4 Å². The van der Waals surface area contributed by atoms with E-state index in [1.54, 1.807) is 15.5 Å². The van der Waals surface area contributed by atoms with Gasteiger partial charge in [-0.1, -0.05) is 45.0 Å². The number of para-hydroxylation sites is 2. The summed E-state index contributed by atoms with van der Waals surface area (Å²) in [6.07, 6.45) is 0.567. The molecular formula is C30H33BrN4O3. The van der Waals surface area contributed by atoms with Crippen LogP contribution in [0.15, 0.2) is 82.1 Å². The normalized spacial score (nSPS) is 11.9. The molecule has 0 aliphatic rings. The summed E-state index contributed by atoms with van der Waals surface area (Å²) >= 11 is 3.52. The summed E-state index contributed by atoms with van der Waals surface area (Å²) in [5, 5.41) is 3.56. The van der Waals surface area contributed by atoms with Crippen molar-refractivity contribution in [2.45, 2.75) is 40.2 Å². The highest BCUT2D eigenvalue weighted by Crippen LogP contribution is 2.29. The van der Waals surface area contributed by atoms with Crippen molar-refractivity contribution in [1.82, 2.24) is 14.5 Å². The van der Waals surface area contributed by atoms with Gasteiger partial charge in [-0.2, -0.15) is 0 Å². The van der Waals surface area contributed by atoms with Crippen molar-refractivity contribution in [3.05, 3.63) is 93.4 Å². The highest BCUT2D eigenvalue weighted by molar-refractivity contribution is 9.10. The van der Waals surface area contributed by atoms with Gasteiger partial charge >= 0.3 is 6.03 Å². The van der Waals surface area contributed by atoms with Crippen LogP contribution in [0.25, 0.3) is 16.6 Å². The van der Waals surface area contributed by atoms with Gasteiger partial charge in [-0.3, -0.25) is 9.36 Å². The molecule has 0 spiro atoms. The maximum Gasteiger partial charge on any atom is 0.322 e. The van der Waals surface area contributed by atoms with Crippen LogP contribution >= 0.6 is 15.9 Å². The lowest BCUT2D eigenvalue weighted by atomic mass is 10.1. The quantitative estimate of drug-likeness (QED) is 0.229. The second-order valence-electron chi connectivity index (χ2n) is 9.43. The number of fused-ring (bicyclic) bond motifs is 1. The summed E-state index contributed by atoms with van der Waals surface area (Å²) in [5.74, 6) is 1.43. The molecule has 4 rings (SSSR count). The van der Waals surface area contributed by atoms with Crippen LogP contribution in [0, 0.1) is 5.92 Å². The summed E-state index contributed by atoms with van der Waals surface area (Å²) in [5.41, 5.74) is 1.77. The molecular weight excluding hydrogens is 544 g/mol. The Morgan fingerprint density at radius 3 is 2.37 bits per heavy atom. The minimum atomic E-state index is -0.455. The fourth-order valence-electron chi connectivity index (χ4n) is 4.52. The molecule has 0 aliphatic carbocycles. The fourth-order valence-corrected chi connectivity index (χ4v) is 4.90. The van der Waals surface area contributed by atoms with Gasteiger partial charge in [0, 0.05) is 11.0 Å². The summed E-state index contributed by atoms with van der Waals surface area (Å²) in [4.78, 5) is 34.4. The summed E-state index contributed by atoms with van der Waals surface area (Å²) in [7, 11) is 0. The number of halogens is 1. The Morgan fingerprint density at radius 2 is 1.71 bits per heavy atom. The Labute approximate surface area is 231 Å². The van der Waals surface area contributed by atoms with E-state index in [-0.39, 0.29) is 17.5 Å². The average molecular weight is 578 g/mol. The van der Waals surface area contributed by atoms with Gasteiger partial charge in [-0.05, 0) is 83.7 Å². The van der Waals surface area contributed by atoms with E-state index in [4.69, 9.17) is 9.72 Å². The number of urea groups is 1. The van der Waals surface area contributed by atoms with Gasteiger partial charge in [0.15, 0.2) is 0 Å². The molecule has 198 valence electrons. The molecule has 0 saturated heterocycles. The van der Waals surface area contributed by atoms with Gasteiger partial charge < -0.3 is 15.0 Å². The number of anilines is 1. The molecule has 2 amide bonds. The number of carbonyl (C=O) groups is 1. The lowest BCUT2D eigenvalue weighted by Gasteiger charge is -2.33. The Kier molecular flexibility index (Phi) is 8.84. The molecule has 7 nitrogen and oxygen atoms in total. The lowest BCUT2D eigenvalue weighted by Crippen LogP contribution is -2.42. The first-order valence-corrected chi connectivity index (χ1v) is 13.7. The molecule has 1 atom stereocenters. The second kappa shape index (κ2) is 12.3. The molecule has 0 saturated carbocycles. The molecule has 1 aromatic heterocycles. The van der Waals surface area contributed by atoms with Crippen LogP contribution in [0.3, 0.4) is 0 Å². The monoisotopic (exact) mass is 576 g/mol. The zero-order chi connectivity index (χ0) is 27.2. The fraction of sp³-hybridized carbons (Fsp3) is 0.300. The molecule has 4 aromatic rings. The number of amides is 2. The summed E-state index contributed by atoms with van der Waals surface area (Å²) in [6, 6.07) is 21.5. The first-order valence-electron chi connectivity index (χ1n) is 12.9. The largest absolute Gasteiger partial charge is 0.494 e. The standard InChI is InChI=1S/C30H33BrN4O3/c1-5-27(34(19-20(3)4)30(37)33-26-14-10-8-12-24(26)31)28-32-25-13-9-7-11-23(25)29(36)35(28)21-15-17-22(18-16-21)38-6-2/h7-18,20,27H,5-6,19H2,1-4H3,(H,33,37). The Bertz CT molecular complexity index is 1470. The van der Waals surface area contributed by atoms with Gasteiger partial charge in [0.1, 0.15) is 11.6 Å². The molecule has 0 bridgehead atoms. The maximum atomic E-state index is 13.9. The molecule has 0 radical (unpaired) electrons. The number of aromatic nitrogens is 2. The number of hydrogen-bond acceptors (Lipinski definition) is 4. The Hall–Kier alpha value is -3.65. The number of nitrogens with zero attached hydrogens (tertiary/aromatic N) is 3.